The molecule has 1 saturated heterocycles. The van der Waals surface area contributed by atoms with Gasteiger partial charge in [-0.1, -0.05) is 30.4 Å². The summed E-state index contributed by atoms with van der Waals surface area (Å²) < 4.78 is 11.2. The number of ether oxygens (including phenoxy) is 1. The quantitative estimate of drug-likeness (QED) is 0.313. The minimum absolute atomic E-state index is 0.0221. The van der Waals surface area contributed by atoms with Gasteiger partial charge in [0.2, 0.25) is 5.91 Å². The van der Waals surface area contributed by atoms with Crippen molar-refractivity contribution < 1.29 is 18.7 Å². The van der Waals surface area contributed by atoms with Crippen LogP contribution in [0.15, 0.2) is 52.0 Å². The standard InChI is InChI=1S/C22H24N2O4S2/c1-2-27-17-11-9-16(10-12-17)23-20(25)8-4-3-5-13-24-21(26)19(30-22(24)29)15-18-7-6-14-28-18/h6-7,9-12,14-15H,2-5,8,13H2,1H3,(H,23,25)/b19-15-. The highest BCUT2D eigenvalue weighted by Crippen LogP contribution is 2.32. The van der Waals surface area contributed by atoms with Gasteiger partial charge >= 0.3 is 0 Å². The number of hydrogen-bond donors (Lipinski definition) is 1. The van der Waals surface area contributed by atoms with Gasteiger partial charge in [-0.2, -0.15) is 0 Å². The fraction of sp³-hybridized carbons (Fsp3) is 0.318. The molecule has 2 aromatic rings. The van der Waals surface area contributed by atoms with Gasteiger partial charge in [0.05, 0.1) is 17.8 Å². The molecular formula is C22H24N2O4S2. The van der Waals surface area contributed by atoms with Crippen molar-refractivity contribution in [2.75, 3.05) is 18.5 Å². The molecule has 1 aromatic carbocycles. The first kappa shape index (κ1) is 22.1. The van der Waals surface area contributed by atoms with Crippen LogP contribution in [0.2, 0.25) is 0 Å². The average Bonchev–Trinajstić information content (AvgIpc) is 3.33. The van der Waals surface area contributed by atoms with E-state index < -0.39 is 0 Å². The van der Waals surface area contributed by atoms with Gasteiger partial charge in [-0.25, -0.2) is 0 Å². The molecule has 0 radical (unpaired) electrons. The summed E-state index contributed by atoms with van der Waals surface area (Å²) in [5.74, 6) is 1.31. The molecule has 8 heteroatoms. The predicted molar refractivity (Wildman–Crippen MR) is 123 cm³/mol. The summed E-state index contributed by atoms with van der Waals surface area (Å²) in [7, 11) is 0. The van der Waals surface area contributed by atoms with Gasteiger partial charge in [-0.3, -0.25) is 14.5 Å². The number of amides is 2. The maximum absolute atomic E-state index is 12.5. The number of nitrogens with one attached hydrogen (secondary N) is 1. The number of carbonyl (C=O) groups excluding carboxylic acids is 2. The molecule has 1 N–H and O–H groups in total. The Hall–Kier alpha value is -2.58. The van der Waals surface area contributed by atoms with Crippen LogP contribution >= 0.6 is 24.0 Å². The van der Waals surface area contributed by atoms with E-state index in [4.69, 9.17) is 21.4 Å². The molecule has 3 rings (SSSR count). The van der Waals surface area contributed by atoms with Gasteiger partial charge in [0, 0.05) is 24.7 Å². The molecule has 0 atom stereocenters. The Kier molecular flexibility index (Phi) is 8.10. The molecule has 2 amide bonds. The predicted octanol–water partition coefficient (Wildman–Crippen LogP) is 5.08. The summed E-state index contributed by atoms with van der Waals surface area (Å²) in [4.78, 5) is 26.8. The first-order chi connectivity index (χ1) is 14.6. The van der Waals surface area contributed by atoms with Gasteiger partial charge in [-0.05, 0) is 56.2 Å². The number of rotatable bonds is 10. The van der Waals surface area contributed by atoms with Crippen LogP contribution < -0.4 is 10.1 Å². The maximum Gasteiger partial charge on any atom is 0.266 e. The van der Waals surface area contributed by atoms with E-state index in [0.29, 0.717) is 34.6 Å². The van der Waals surface area contributed by atoms with Crippen LogP contribution in [0, 0.1) is 0 Å². The smallest absolute Gasteiger partial charge is 0.266 e. The summed E-state index contributed by atoms with van der Waals surface area (Å²) in [5.41, 5.74) is 0.754. The molecule has 1 aliphatic rings. The third-order valence-corrected chi connectivity index (χ3v) is 5.80. The fourth-order valence-corrected chi connectivity index (χ4v) is 4.24. The number of benzene rings is 1. The van der Waals surface area contributed by atoms with Crippen LogP contribution in [0.1, 0.15) is 38.4 Å². The highest BCUT2D eigenvalue weighted by molar-refractivity contribution is 8.26. The second-order valence-corrected chi connectivity index (χ2v) is 8.34. The van der Waals surface area contributed by atoms with Gasteiger partial charge < -0.3 is 14.5 Å². The lowest BCUT2D eigenvalue weighted by atomic mass is 10.1. The Morgan fingerprint density at radius 3 is 2.73 bits per heavy atom. The lowest BCUT2D eigenvalue weighted by molar-refractivity contribution is -0.122. The summed E-state index contributed by atoms with van der Waals surface area (Å²) in [6, 6.07) is 10.9. The van der Waals surface area contributed by atoms with Crippen LogP contribution in [0.4, 0.5) is 5.69 Å². The third-order valence-electron chi connectivity index (χ3n) is 4.42. The number of unbranched alkanes of at least 4 members (excludes halogenated alkanes) is 2. The first-order valence-corrected chi connectivity index (χ1v) is 11.1. The van der Waals surface area contributed by atoms with E-state index in [1.807, 2.05) is 31.2 Å². The van der Waals surface area contributed by atoms with Crippen molar-refractivity contribution in [3.8, 4) is 5.75 Å². The van der Waals surface area contributed by atoms with Crippen LogP contribution in [-0.2, 0) is 9.59 Å². The molecule has 0 spiro atoms. The number of thiocarbonyl (C=S) groups is 1. The van der Waals surface area contributed by atoms with Gasteiger partial charge in [-0.15, -0.1) is 0 Å². The molecular weight excluding hydrogens is 420 g/mol. The first-order valence-electron chi connectivity index (χ1n) is 9.88. The Labute approximate surface area is 185 Å². The largest absolute Gasteiger partial charge is 0.494 e. The molecule has 0 unspecified atom stereocenters. The van der Waals surface area contributed by atoms with Crippen molar-refractivity contribution in [3.63, 3.8) is 0 Å². The number of hydrogen-bond acceptors (Lipinski definition) is 6. The Balaban J connectivity index is 1.36. The lowest BCUT2D eigenvalue weighted by Gasteiger charge is -2.14. The highest BCUT2D eigenvalue weighted by atomic mass is 32.2. The summed E-state index contributed by atoms with van der Waals surface area (Å²) in [6.07, 6.45) is 6.09. The Bertz CT molecular complexity index is 908. The van der Waals surface area contributed by atoms with Crippen molar-refractivity contribution >= 4 is 51.9 Å². The molecule has 6 nitrogen and oxygen atoms in total. The van der Waals surface area contributed by atoms with Crippen LogP contribution in [0.3, 0.4) is 0 Å². The second kappa shape index (κ2) is 11.0. The van der Waals surface area contributed by atoms with Crippen molar-refractivity contribution in [2.24, 2.45) is 0 Å². The van der Waals surface area contributed by atoms with Crippen LogP contribution in [-0.4, -0.2) is 34.2 Å². The molecule has 30 heavy (non-hydrogen) atoms. The average molecular weight is 445 g/mol. The van der Waals surface area contributed by atoms with E-state index in [1.54, 1.807) is 29.4 Å². The van der Waals surface area contributed by atoms with Crippen LogP contribution in [0.25, 0.3) is 6.08 Å². The zero-order valence-electron chi connectivity index (χ0n) is 16.8. The zero-order valence-corrected chi connectivity index (χ0v) is 18.4. The van der Waals surface area contributed by atoms with Crippen molar-refractivity contribution in [1.82, 2.24) is 4.90 Å². The Morgan fingerprint density at radius 1 is 1.23 bits per heavy atom. The molecule has 1 aliphatic heterocycles. The maximum atomic E-state index is 12.5. The van der Waals surface area contributed by atoms with E-state index in [-0.39, 0.29) is 11.8 Å². The fourth-order valence-electron chi connectivity index (χ4n) is 2.95. The molecule has 2 heterocycles. The molecule has 0 saturated carbocycles. The number of anilines is 1. The highest BCUT2D eigenvalue weighted by Gasteiger charge is 2.31. The van der Waals surface area contributed by atoms with E-state index in [0.717, 1.165) is 30.7 Å². The topological polar surface area (TPSA) is 71.8 Å². The van der Waals surface area contributed by atoms with Crippen molar-refractivity contribution in [3.05, 3.63) is 53.3 Å². The van der Waals surface area contributed by atoms with Gasteiger partial charge in [0.25, 0.3) is 5.91 Å². The number of furan rings is 1. The zero-order chi connectivity index (χ0) is 21.3. The SMILES string of the molecule is CCOc1ccc(NC(=O)CCCCCN2C(=O)/C(=C/c3ccco3)SC2=S)cc1. The number of carbonyl (C=O) groups is 2. The minimum Gasteiger partial charge on any atom is -0.494 e. The van der Waals surface area contributed by atoms with Crippen molar-refractivity contribution in [1.29, 1.82) is 0 Å². The minimum atomic E-state index is -0.0883. The summed E-state index contributed by atoms with van der Waals surface area (Å²) in [5, 5.41) is 2.88. The second-order valence-electron chi connectivity index (χ2n) is 6.66. The Morgan fingerprint density at radius 2 is 2.03 bits per heavy atom. The van der Waals surface area contributed by atoms with Crippen molar-refractivity contribution in [2.45, 2.75) is 32.6 Å². The number of thioether (sulfide) groups is 1. The van der Waals surface area contributed by atoms with E-state index in [2.05, 4.69) is 5.32 Å². The molecule has 1 aromatic heterocycles. The van der Waals surface area contributed by atoms with E-state index in [9.17, 15) is 9.59 Å². The van der Waals surface area contributed by atoms with Gasteiger partial charge in [0.1, 0.15) is 15.8 Å². The van der Waals surface area contributed by atoms with E-state index >= 15 is 0 Å². The molecule has 1 fully saturated rings. The summed E-state index contributed by atoms with van der Waals surface area (Å²) in [6.45, 7) is 3.10. The van der Waals surface area contributed by atoms with Crippen LogP contribution in [0.5, 0.6) is 5.75 Å². The summed E-state index contributed by atoms with van der Waals surface area (Å²) >= 11 is 6.62. The molecule has 158 valence electrons. The monoisotopic (exact) mass is 444 g/mol. The third kappa shape index (κ3) is 6.21. The van der Waals surface area contributed by atoms with E-state index in [1.165, 1.54) is 11.8 Å². The normalized spacial score (nSPS) is 15.1. The van der Waals surface area contributed by atoms with Gasteiger partial charge in [0.15, 0.2) is 0 Å². The number of nitrogens with zero attached hydrogens (tertiary/aromatic N) is 1. The molecule has 0 aliphatic carbocycles. The lowest BCUT2D eigenvalue weighted by Crippen LogP contribution is -2.29. The molecule has 0 bridgehead atoms.